The first-order chi connectivity index (χ1) is 15.5. The molecule has 0 aliphatic carbocycles. The van der Waals surface area contributed by atoms with Crippen molar-refractivity contribution in [2.45, 2.75) is 37.6 Å². The summed E-state index contributed by atoms with van der Waals surface area (Å²) in [5.74, 6) is 1.92. The lowest BCUT2D eigenvalue weighted by atomic mass is 10.2. The number of rotatable bonds is 11. The SMILES string of the molecule is CCC(c1nnc(SCC(=O)NCc2cccc(OC)c2)n1Cc1ccccc1)N(C)C. The van der Waals surface area contributed by atoms with E-state index in [1.54, 1.807) is 7.11 Å². The predicted octanol–water partition coefficient (Wildman–Crippen LogP) is 3.76. The van der Waals surface area contributed by atoms with Crippen LogP contribution in [-0.2, 0) is 17.9 Å². The van der Waals surface area contributed by atoms with Crippen molar-refractivity contribution < 1.29 is 9.53 Å². The van der Waals surface area contributed by atoms with E-state index in [1.165, 1.54) is 17.3 Å². The number of nitrogens with zero attached hydrogens (tertiary/aromatic N) is 4. The Morgan fingerprint density at radius 3 is 2.56 bits per heavy atom. The molecule has 1 atom stereocenters. The van der Waals surface area contributed by atoms with E-state index in [0.717, 1.165) is 28.7 Å². The molecule has 170 valence electrons. The van der Waals surface area contributed by atoms with Crippen LogP contribution in [0, 0.1) is 0 Å². The van der Waals surface area contributed by atoms with Crippen LogP contribution in [0.25, 0.3) is 0 Å². The van der Waals surface area contributed by atoms with Crippen LogP contribution in [0.3, 0.4) is 0 Å². The number of hydrogen-bond acceptors (Lipinski definition) is 6. The number of ether oxygens (including phenoxy) is 1. The molecule has 0 spiro atoms. The first-order valence-electron chi connectivity index (χ1n) is 10.7. The molecule has 1 unspecified atom stereocenters. The van der Waals surface area contributed by atoms with Crippen LogP contribution in [0.2, 0.25) is 0 Å². The highest BCUT2D eigenvalue weighted by Crippen LogP contribution is 2.26. The molecule has 1 N–H and O–H groups in total. The predicted molar refractivity (Wildman–Crippen MR) is 128 cm³/mol. The van der Waals surface area contributed by atoms with Crippen molar-refractivity contribution >= 4 is 17.7 Å². The van der Waals surface area contributed by atoms with Gasteiger partial charge in [-0.3, -0.25) is 9.69 Å². The van der Waals surface area contributed by atoms with Gasteiger partial charge >= 0.3 is 0 Å². The average molecular weight is 454 g/mol. The molecular weight excluding hydrogens is 422 g/mol. The van der Waals surface area contributed by atoms with E-state index < -0.39 is 0 Å². The fourth-order valence-electron chi connectivity index (χ4n) is 3.51. The maximum atomic E-state index is 12.5. The lowest BCUT2D eigenvalue weighted by Crippen LogP contribution is -2.25. The van der Waals surface area contributed by atoms with Gasteiger partial charge < -0.3 is 14.6 Å². The first-order valence-corrected chi connectivity index (χ1v) is 11.7. The van der Waals surface area contributed by atoms with Gasteiger partial charge in [0.15, 0.2) is 11.0 Å². The number of carbonyl (C=O) groups excluding carboxylic acids is 1. The molecule has 0 bridgehead atoms. The van der Waals surface area contributed by atoms with Gasteiger partial charge in [0, 0.05) is 6.54 Å². The molecule has 0 aliphatic rings. The summed E-state index contributed by atoms with van der Waals surface area (Å²) in [6.45, 7) is 3.27. The Hall–Kier alpha value is -2.84. The zero-order chi connectivity index (χ0) is 22.9. The van der Waals surface area contributed by atoms with Gasteiger partial charge in [-0.2, -0.15) is 0 Å². The van der Waals surface area contributed by atoms with Gasteiger partial charge in [-0.1, -0.05) is 61.2 Å². The molecule has 2 aromatic carbocycles. The number of benzene rings is 2. The number of thioether (sulfide) groups is 1. The molecule has 1 aromatic heterocycles. The van der Waals surface area contributed by atoms with Crippen LogP contribution in [0.1, 0.15) is 36.3 Å². The third kappa shape index (κ3) is 6.34. The molecule has 0 radical (unpaired) electrons. The number of methoxy groups -OCH3 is 1. The molecule has 3 rings (SSSR count). The summed E-state index contributed by atoms with van der Waals surface area (Å²) < 4.78 is 7.37. The Morgan fingerprint density at radius 2 is 1.88 bits per heavy atom. The zero-order valence-electron chi connectivity index (χ0n) is 19.1. The lowest BCUT2D eigenvalue weighted by molar-refractivity contribution is -0.118. The summed E-state index contributed by atoms with van der Waals surface area (Å²) in [6, 6.07) is 18.1. The largest absolute Gasteiger partial charge is 0.497 e. The van der Waals surface area contributed by atoms with E-state index in [0.29, 0.717) is 13.1 Å². The van der Waals surface area contributed by atoms with E-state index in [2.05, 4.69) is 58.1 Å². The first kappa shape index (κ1) is 23.8. The number of carbonyl (C=O) groups is 1. The fraction of sp³-hybridized carbons (Fsp3) is 0.375. The number of aromatic nitrogens is 3. The Labute approximate surface area is 194 Å². The van der Waals surface area contributed by atoms with Crippen LogP contribution in [-0.4, -0.2) is 52.5 Å². The minimum Gasteiger partial charge on any atom is -0.497 e. The minimum atomic E-state index is -0.0479. The smallest absolute Gasteiger partial charge is 0.230 e. The van der Waals surface area contributed by atoms with E-state index in [-0.39, 0.29) is 17.7 Å². The molecule has 0 saturated carbocycles. The lowest BCUT2D eigenvalue weighted by Gasteiger charge is -2.23. The Bertz CT molecular complexity index is 1010. The van der Waals surface area contributed by atoms with Crippen LogP contribution >= 0.6 is 11.8 Å². The second kappa shape index (κ2) is 11.7. The summed E-state index contributed by atoms with van der Waals surface area (Å²) in [6.07, 6.45) is 0.922. The summed E-state index contributed by atoms with van der Waals surface area (Å²) in [5, 5.41) is 12.6. The molecular formula is C24H31N5O2S. The highest BCUT2D eigenvalue weighted by molar-refractivity contribution is 7.99. The monoisotopic (exact) mass is 453 g/mol. The van der Waals surface area contributed by atoms with Crippen LogP contribution in [0.15, 0.2) is 59.8 Å². The maximum absolute atomic E-state index is 12.5. The Kier molecular flexibility index (Phi) is 8.70. The molecule has 7 nitrogen and oxygen atoms in total. The minimum absolute atomic E-state index is 0.0479. The highest BCUT2D eigenvalue weighted by atomic mass is 32.2. The van der Waals surface area contributed by atoms with Crippen LogP contribution < -0.4 is 10.1 Å². The van der Waals surface area contributed by atoms with Crippen molar-refractivity contribution in [1.29, 1.82) is 0 Å². The normalized spacial score (nSPS) is 12.0. The number of nitrogens with one attached hydrogen (secondary N) is 1. The number of hydrogen-bond donors (Lipinski definition) is 1. The van der Waals surface area contributed by atoms with Crippen molar-refractivity contribution in [2.24, 2.45) is 0 Å². The number of amides is 1. The summed E-state index contributed by atoms with van der Waals surface area (Å²) in [4.78, 5) is 14.6. The maximum Gasteiger partial charge on any atom is 0.230 e. The molecule has 32 heavy (non-hydrogen) atoms. The van der Waals surface area contributed by atoms with Gasteiger partial charge in [-0.05, 0) is 43.8 Å². The van der Waals surface area contributed by atoms with Gasteiger partial charge in [-0.25, -0.2) is 0 Å². The molecule has 8 heteroatoms. The van der Waals surface area contributed by atoms with Crippen molar-refractivity contribution in [3.8, 4) is 5.75 Å². The fourth-order valence-corrected chi connectivity index (χ4v) is 4.29. The average Bonchev–Trinajstić information content (AvgIpc) is 3.19. The third-order valence-corrected chi connectivity index (χ3v) is 6.16. The summed E-state index contributed by atoms with van der Waals surface area (Å²) in [5.41, 5.74) is 2.17. The highest BCUT2D eigenvalue weighted by Gasteiger charge is 2.22. The topological polar surface area (TPSA) is 72.3 Å². The summed E-state index contributed by atoms with van der Waals surface area (Å²) >= 11 is 1.41. The van der Waals surface area contributed by atoms with Gasteiger partial charge in [0.2, 0.25) is 5.91 Å². The van der Waals surface area contributed by atoms with Gasteiger partial charge in [-0.15, -0.1) is 10.2 Å². The molecule has 0 aliphatic heterocycles. The van der Waals surface area contributed by atoms with E-state index >= 15 is 0 Å². The Morgan fingerprint density at radius 1 is 1.12 bits per heavy atom. The zero-order valence-corrected chi connectivity index (χ0v) is 19.9. The molecule has 3 aromatic rings. The van der Waals surface area contributed by atoms with Crippen molar-refractivity contribution in [3.63, 3.8) is 0 Å². The second-order valence-corrected chi connectivity index (χ2v) is 8.66. The van der Waals surface area contributed by atoms with Gasteiger partial charge in [0.25, 0.3) is 0 Å². The molecule has 0 saturated heterocycles. The van der Waals surface area contributed by atoms with Crippen molar-refractivity contribution in [3.05, 3.63) is 71.5 Å². The molecule has 0 fully saturated rings. The van der Waals surface area contributed by atoms with E-state index in [1.807, 2.05) is 42.5 Å². The van der Waals surface area contributed by atoms with Gasteiger partial charge in [0.05, 0.1) is 25.4 Å². The van der Waals surface area contributed by atoms with E-state index in [9.17, 15) is 4.79 Å². The Balaban J connectivity index is 1.69. The quantitative estimate of drug-likeness (QED) is 0.446. The summed E-state index contributed by atoms with van der Waals surface area (Å²) in [7, 11) is 5.73. The van der Waals surface area contributed by atoms with Crippen molar-refractivity contribution in [2.75, 3.05) is 27.0 Å². The van der Waals surface area contributed by atoms with Crippen LogP contribution in [0.5, 0.6) is 5.75 Å². The van der Waals surface area contributed by atoms with Gasteiger partial charge in [0.1, 0.15) is 5.75 Å². The molecule has 1 amide bonds. The molecule has 1 heterocycles. The standard InChI is InChI=1S/C24H31N5O2S/c1-5-21(28(2)3)23-26-27-24(29(23)16-18-10-7-6-8-11-18)32-17-22(30)25-15-19-12-9-13-20(14-19)31-4/h6-14,21H,5,15-17H2,1-4H3,(H,25,30). The third-order valence-electron chi connectivity index (χ3n) is 5.19. The second-order valence-electron chi connectivity index (χ2n) is 7.72. The van der Waals surface area contributed by atoms with Crippen molar-refractivity contribution in [1.82, 2.24) is 25.0 Å². The van der Waals surface area contributed by atoms with Crippen LogP contribution in [0.4, 0.5) is 0 Å². The van der Waals surface area contributed by atoms with E-state index in [4.69, 9.17) is 4.74 Å².